The second-order valence-electron chi connectivity index (χ2n) is 7.26. The first kappa shape index (κ1) is 21.3. The van der Waals surface area contributed by atoms with Crippen LogP contribution in [0.5, 0.6) is 5.75 Å². The van der Waals surface area contributed by atoms with Crippen LogP contribution in [0.25, 0.3) is 0 Å². The van der Waals surface area contributed by atoms with Crippen LogP contribution < -0.4 is 10.1 Å². The minimum Gasteiger partial charge on any atom is -0.494 e. The molecular weight excluding hydrogens is 388 g/mol. The molecule has 1 amide bonds. The number of rotatable bonds is 8. The summed E-state index contributed by atoms with van der Waals surface area (Å²) in [6.45, 7) is 3.41. The molecule has 29 heavy (non-hydrogen) atoms. The molecule has 156 valence electrons. The highest BCUT2D eigenvalue weighted by Crippen LogP contribution is 2.25. The highest BCUT2D eigenvalue weighted by molar-refractivity contribution is 7.89. The van der Waals surface area contributed by atoms with Gasteiger partial charge in [0.25, 0.3) is 5.91 Å². The van der Waals surface area contributed by atoms with Gasteiger partial charge in [0.2, 0.25) is 10.0 Å². The van der Waals surface area contributed by atoms with Crippen molar-refractivity contribution in [2.24, 2.45) is 0 Å². The standard InChI is InChI=1S/C22H28N2O4S/c1-18-9-5-6-15-24(18)29(26,27)21-13-7-10-19(17-21)22(25)23-14-8-16-28-20-11-3-2-4-12-20/h2-4,7,10-13,17-18H,5-6,8-9,14-16H2,1H3,(H,23,25). The van der Waals surface area contributed by atoms with Crippen molar-refractivity contribution < 1.29 is 17.9 Å². The summed E-state index contributed by atoms with van der Waals surface area (Å²) in [7, 11) is -3.59. The van der Waals surface area contributed by atoms with Crippen LogP contribution in [0, 0.1) is 0 Å². The van der Waals surface area contributed by atoms with Crippen molar-refractivity contribution in [1.29, 1.82) is 0 Å². The van der Waals surface area contributed by atoms with Crippen molar-refractivity contribution in [2.75, 3.05) is 19.7 Å². The van der Waals surface area contributed by atoms with Crippen LogP contribution in [0.1, 0.15) is 43.0 Å². The lowest BCUT2D eigenvalue weighted by Gasteiger charge is -2.32. The Balaban J connectivity index is 1.55. The zero-order valence-corrected chi connectivity index (χ0v) is 17.5. The molecule has 7 heteroatoms. The van der Waals surface area contributed by atoms with Crippen molar-refractivity contribution in [2.45, 2.75) is 43.5 Å². The Labute approximate surface area is 172 Å². The molecule has 1 aliphatic rings. The Morgan fingerprint density at radius 2 is 1.93 bits per heavy atom. The number of nitrogens with one attached hydrogen (secondary N) is 1. The highest BCUT2D eigenvalue weighted by atomic mass is 32.2. The largest absolute Gasteiger partial charge is 0.494 e. The molecule has 6 nitrogen and oxygen atoms in total. The molecule has 1 saturated heterocycles. The van der Waals surface area contributed by atoms with E-state index in [-0.39, 0.29) is 16.8 Å². The lowest BCUT2D eigenvalue weighted by molar-refractivity contribution is 0.0951. The van der Waals surface area contributed by atoms with Gasteiger partial charge in [0.15, 0.2) is 0 Å². The maximum absolute atomic E-state index is 13.0. The average molecular weight is 417 g/mol. The van der Waals surface area contributed by atoms with E-state index < -0.39 is 10.0 Å². The molecule has 2 aromatic carbocycles. The molecule has 0 bridgehead atoms. The second-order valence-corrected chi connectivity index (χ2v) is 9.15. The summed E-state index contributed by atoms with van der Waals surface area (Å²) in [5.74, 6) is 0.511. The predicted molar refractivity (Wildman–Crippen MR) is 113 cm³/mol. The summed E-state index contributed by atoms with van der Waals surface area (Å²) in [6, 6.07) is 15.8. The summed E-state index contributed by atoms with van der Waals surface area (Å²) in [5.41, 5.74) is 0.347. The first-order chi connectivity index (χ1) is 14.0. The number of hydrogen-bond acceptors (Lipinski definition) is 4. The SMILES string of the molecule is CC1CCCCN1S(=O)(=O)c1cccc(C(=O)NCCCOc2ccccc2)c1. The minimum atomic E-state index is -3.59. The third-order valence-electron chi connectivity index (χ3n) is 5.06. The number of nitrogens with zero attached hydrogens (tertiary/aromatic N) is 1. The molecule has 1 heterocycles. The van der Waals surface area contributed by atoms with E-state index in [0.29, 0.717) is 31.7 Å². The van der Waals surface area contributed by atoms with Crippen molar-refractivity contribution in [3.05, 3.63) is 60.2 Å². The quantitative estimate of drug-likeness (QED) is 0.669. The number of carbonyl (C=O) groups excluding carboxylic acids is 1. The van der Waals surface area contributed by atoms with Crippen molar-refractivity contribution in [3.8, 4) is 5.75 Å². The molecular formula is C22H28N2O4S. The van der Waals surface area contributed by atoms with E-state index in [1.165, 1.54) is 6.07 Å². The number of carbonyl (C=O) groups is 1. The second kappa shape index (κ2) is 9.89. The Bertz CT molecular complexity index is 915. The van der Waals surface area contributed by atoms with Gasteiger partial charge in [0.05, 0.1) is 11.5 Å². The van der Waals surface area contributed by atoms with E-state index in [1.807, 2.05) is 37.3 Å². The number of para-hydroxylation sites is 1. The average Bonchev–Trinajstić information content (AvgIpc) is 2.74. The van der Waals surface area contributed by atoms with Crippen LogP contribution in [0.3, 0.4) is 0 Å². The Morgan fingerprint density at radius 3 is 2.69 bits per heavy atom. The van der Waals surface area contributed by atoms with Gasteiger partial charge in [-0.2, -0.15) is 4.31 Å². The summed E-state index contributed by atoms with van der Waals surface area (Å²) >= 11 is 0. The lowest BCUT2D eigenvalue weighted by Crippen LogP contribution is -2.42. The Kier molecular flexibility index (Phi) is 7.28. The third-order valence-corrected chi connectivity index (χ3v) is 7.07. The van der Waals surface area contributed by atoms with Crippen molar-refractivity contribution in [1.82, 2.24) is 9.62 Å². The van der Waals surface area contributed by atoms with Gasteiger partial charge in [-0.1, -0.05) is 30.7 Å². The van der Waals surface area contributed by atoms with E-state index in [9.17, 15) is 13.2 Å². The van der Waals surface area contributed by atoms with Crippen LogP contribution in [0.4, 0.5) is 0 Å². The van der Waals surface area contributed by atoms with Crippen LogP contribution in [0.15, 0.2) is 59.5 Å². The molecule has 0 saturated carbocycles. The molecule has 1 unspecified atom stereocenters. The third kappa shape index (κ3) is 5.58. The Hall–Kier alpha value is -2.38. The van der Waals surface area contributed by atoms with Gasteiger partial charge in [-0.05, 0) is 56.5 Å². The molecule has 0 aromatic heterocycles. The molecule has 1 atom stereocenters. The summed E-state index contributed by atoms with van der Waals surface area (Å²) in [6.07, 6.45) is 3.44. The van der Waals surface area contributed by atoms with E-state index in [0.717, 1.165) is 25.0 Å². The molecule has 2 aromatic rings. The number of piperidine rings is 1. The molecule has 0 radical (unpaired) electrons. The van der Waals surface area contributed by atoms with Gasteiger partial charge in [-0.15, -0.1) is 0 Å². The van der Waals surface area contributed by atoms with E-state index in [2.05, 4.69) is 5.32 Å². The van der Waals surface area contributed by atoms with Gasteiger partial charge in [-0.25, -0.2) is 8.42 Å². The number of sulfonamides is 1. The highest BCUT2D eigenvalue weighted by Gasteiger charge is 2.31. The number of hydrogen-bond donors (Lipinski definition) is 1. The van der Waals surface area contributed by atoms with Crippen molar-refractivity contribution in [3.63, 3.8) is 0 Å². The normalized spacial score (nSPS) is 17.6. The minimum absolute atomic E-state index is 0.0177. The zero-order chi connectivity index (χ0) is 20.7. The number of amides is 1. The van der Waals surface area contributed by atoms with E-state index >= 15 is 0 Å². The fraction of sp³-hybridized carbons (Fsp3) is 0.409. The van der Waals surface area contributed by atoms with Crippen LogP contribution >= 0.6 is 0 Å². The number of ether oxygens (including phenoxy) is 1. The maximum Gasteiger partial charge on any atom is 0.251 e. The summed E-state index contributed by atoms with van der Waals surface area (Å²) < 4.78 is 33.1. The van der Waals surface area contributed by atoms with E-state index in [1.54, 1.807) is 22.5 Å². The molecule has 0 spiro atoms. The first-order valence-electron chi connectivity index (χ1n) is 10.1. The van der Waals surface area contributed by atoms with Gasteiger partial charge < -0.3 is 10.1 Å². The van der Waals surface area contributed by atoms with Gasteiger partial charge in [0.1, 0.15) is 5.75 Å². The topological polar surface area (TPSA) is 75.7 Å². The van der Waals surface area contributed by atoms with Gasteiger partial charge in [0, 0.05) is 24.7 Å². The monoisotopic (exact) mass is 416 g/mol. The van der Waals surface area contributed by atoms with Gasteiger partial charge >= 0.3 is 0 Å². The molecule has 1 N–H and O–H groups in total. The fourth-order valence-electron chi connectivity index (χ4n) is 3.44. The summed E-state index contributed by atoms with van der Waals surface area (Å²) in [4.78, 5) is 12.6. The van der Waals surface area contributed by atoms with Gasteiger partial charge in [-0.3, -0.25) is 4.79 Å². The first-order valence-corrected chi connectivity index (χ1v) is 11.5. The fourth-order valence-corrected chi connectivity index (χ4v) is 5.19. The van der Waals surface area contributed by atoms with E-state index in [4.69, 9.17) is 4.74 Å². The Morgan fingerprint density at radius 1 is 1.14 bits per heavy atom. The van der Waals surface area contributed by atoms with Crippen molar-refractivity contribution >= 4 is 15.9 Å². The molecule has 1 fully saturated rings. The van der Waals surface area contributed by atoms with Crippen LogP contribution in [-0.4, -0.2) is 44.4 Å². The molecule has 3 rings (SSSR count). The maximum atomic E-state index is 13.0. The summed E-state index contributed by atoms with van der Waals surface area (Å²) in [5, 5.41) is 2.82. The van der Waals surface area contributed by atoms with Crippen LogP contribution in [-0.2, 0) is 10.0 Å². The molecule has 1 aliphatic heterocycles. The van der Waals surface area contributed by atoms with Crippen LogP contribution in [0.2, 0.25) is 0 Å². The predicted octanol–water partition coefficient (Wildman–Crippen LogP) is 3.45. The zero-order valence-electron chi connectivity index (χ0n) is 16.7. The lowest BCUT2D eigenvalue weighted by atomic mass is 10.1. The molecule has 0 aliphatic carbocycles. The number of benzene rings is 2. The smallest absolute Gasteiger partial charge is 0.251 e.